The monoisotopic (exact) mass is 138 g/mol. The van der Waals surface area contributed by atoms with Gasteiger partial charge < -0.3 is 10.6 Å². The molecule has 2 amide bonds. The van der Waals surface area contributed by atoms with Crippen molar-refractivity contribution in [3.63, 3.8) is 0 Å². The maximum absolute atomic E-state index is 10.7. The van der Waals surface area contributed by atoms with Crippen molar-refractivity contribution in [2.24, 2.45) is 9.98 Å². The Bertz CT molecular complexity index is 232. The number of hydrogen-bond donors (Lipinski definition) is 2. The van der Waals surface area contributed by atoms with Gasteiger partial charge in [0.05, 0.1) is 12.3 Å². The Morgan fingerprint density at radius 1 is 1.70 bits per heavy atom. The molecule has 0 bridgehead atoms. The summed E-state index contributed by atoms with van der Waals surface area (Å²) in [5, 5.41) is 5.19. The molecule has 1 atom stereocenters. The summed E-state index contributed by atoms with van der Waals surface area (Å²) in [6.45, 7) is 0.510. The molecule has 2 rings (SSSR count). The van der Waals surface area contributed by atoms with E-state index in [1.54, 1.807) is 0 Å². The summed E-state index contributed by atoms with van der Waals surface area (Å²) in [5.41, 5.74) is 0.875. The number of amides is 2. The Morgan fingerprint density at radius 2 is 2.60 bits per heavy atom. The van der Waals surface area contributed by atoms with Gasteiger partial charge in [0.2, 0.25) is 0 Å². The lowest BCUT2D eigenvalue weighted by molar-refractivity contribution is 0.239. The molecule has 0 aromatic heterocycles. The standard InChI is InChI=1S/C5H6N4O/c10-5-6-1-3-4(9-5)8-2-7-3/h2,4H,1H2,(H2,6,9,10). The molecule has 5 heteroatoms. The van der Waals surface area contributed by atoms with E-state index < -0.39 is 0 Å². The fourth-order valence-electron chi connectivity index (χ4n) is 0.940. The second-order valence-electron chi connectivity index (χ2n) is 2.11. The molecule has 1 saturated heterocycles. The number of carbonyl (C=O) groups excluding carboxylic acids is 1. The van der Waals surface area contributed by atoms with Gasteiger partial charge in [0, 0.05) is 0 Å². The first-order valence-corrected chi connectivity index (χ1v) is 2.99. The Hall–Kier alpha value is -1.39. The molecule has 1 fully saturated rings. The number of hydrogen-bond acceptors (Lipinski definition) is 3. The van der Waals surface area contributed by atoms with Gasteiger partial charge in [-0.25, -0.2) is 14.8 Å². The van der Waals surface area contributed by atoms with Gasteiger partial charge in [-0.1, -0.05) is 0 Å². The fraction of sp³-hybridized carbons (Fsp3) is 0.400. The number of urea groups is 1. The summed E-state index contributed by atoms with van der Waals surface area (Å²) in [7, 11) is 0. The number of nitrogens with one attached hydrogen (secondary N) is 2. The van der Waals surface area contributed by atoms with Crippen LogP contribution in [0.5, 0.6) is 0 Å². The Labute approximate surface area is 57.2 Å². The molecular weight excluding hydrogens is 132 g/mol. The third-order valence-electron chi connectivity index (χ3n) is 1.45. The first-order valence-electron chi connectivity index (χ1n) is 2.99. The summed E-state index contributed by atoms with van der Waals surface area (Å²) in [6.07, 6.45) is 1.27. The highest BCUT2D eigenvalue weighted by atomic mass is 16.2. The minimum Gasteiger partial charge on any atom is -0.333 e. The molecular formula is C5H6N4O. The van der Waals surface area contributed by atoms with E-state index in [9.17, 15) is 4.79 Å². The quantitative estimate of drug-likeness (QED) is 0.448. The van der Waals surface area contributed by atoms with Crippen molar-refractivity contribution in [2.75, 3.05) is 6.54 Å². The maximum Gasteiger partial charge on any atom is 0.317 e. The molecule has 52 valence electrons. The van der Waals surface area contributed by atoms with Gasteiger partial charge in [-0.15, -0.1) is 0 Å². The minimum absolute atomic E-state index is 0.178. The summed E-state index contributed by atoms with van der Waals surface area (Å²) < 4.78 is 0. The second kappa shape index (κ2) is 1.80. The average Bonchev–Trinajstić information content (AvgIpc) is 2.33. The van der Waals surface area contributed by atoms with Gasteiger partial charge in [-0.05, 0) is 0 Å². The van der Waals surface area contributed by atoms with E-state index in [1.165, 1.54) is 6.34 Å². The van der Waals surface area contributed by atoms with E-state index in [2.05, 4.69) is 20.6 Å². The lowest BCUT2D eigenvalue weighted by Gasteiger charge is -2.19. The van der Waals surface area contributed by atoms with Crippen LogP contribution in [-0.4, -0.2) is 30.8 Å². The van der Waals surface area contributed by atoms with E-state index in [4.69, 9.17) is 0 Å². The van der Waals surface area contributed by atoms with Crippen molar-refractivity contribution < 1.29 is 4.79 Å². The van der Waals surface area contributed by atoms with Gasteiger partial charge in [-0.2, -0.15) is 0 Å². The van der Waals surface area contributed by atoms with Crippen LogP contribution in [0.4, 0.5) is 4.79 Å². The number of rotatable bonds is 0. The normalized spacial score (nSPS) is 28.6. The zero-order valence-corrected chi connectivity index (χ0v) is 5.16. The molecule has 2 heterocycles. The molecule has 0 aliphatic carbocycles. The Kier molecular flexibility index (Phi) is 0.969. The lowest BCUT2D eigenvalue weighted by atomic mass is 10.2. The van der Waals surface area contributed by atoms with Crippen LogP contribution < -0.4 is 10.6 Å². The highest BCUT2D eigenvalue weighted by Crippen LogP contribution is 2.00. The molecule has 0 aromatic carbocycles. The molecule has 0 radical (unpaired) electrons. The van der Waals surface area contributed by atoms with Gasteiger partial charge in [0.1, 0.15) is 6.34 Å². The smallest absolute Gasteiger partial charge is 0.317 e. The topological polar surface area (TPSA) is 65.8 Å². The molecule has 0 spiro atoms. The van der Waals surface area contributed by atoms with Crippen LogP contribution in [0.3, 0.4) is 0 Å². The summed E-state index contributed by atoms with van der Waals surface area (Å²) in [6, 6.07) is -0.178. The summed E-state index contributed by atoms with van der Waals surface area (Å²) >= 11 is 0. The zero-order chi connectivity index (χ0) is 6.97. The van der Waals surface area contributed by atoms with Crippen molar-refractivity contribution >= 4 is 18.1 Å². The van der Waals surface area contributed by atoms with Crippen molar-refractivity contribution in [2.45, 2.75) is 6.17 Å². The van der Waals surface area contributed by atoms with E-state index in [0.29, 0.717) is 6.54 Å². The molecule has 2 aliphatic heterocycles. The fourth-order valence-corrected chi connectivity index (χ4v) is 0.940. The average molecular weight is 138 g/mol. The molecule has 10 heavy (non-hydrogen) atoms. The number of aliphatic imine (C=N–C) groups is 2. The first kappa shape index (κ1) is 5.40. The van der Waals surface area contributed by atoms with Crippen molar-refractivity contribution in [1.29, 1.82) is 0 Å². The summed E-state index contributed by atoms with van der Waals surface area (Å²) in [4.78, 5) is 18.5. The van der Waals surface area contributed by atoms with Crippen molar-refractivity contribution in [1.82, 2.24) is 10.6 Å². The third kappa shape index (κ3) is 0.671. The van der Waals surface area contributed by atoms with Gasteiger partial charge in [0.15, 0.2) is 6.17 Å². The second-order valence-corrected chi connectivity index (χ2v) is 2.11. The van der Waals surface area contributed by atoms with Crippen LogP contribution in [-0.2, 0) is 0 Å². The van der Waals surface area contributed by atoms with Gasteiger partial charge >= 0.3 is 6.03 Å². The highest BCUT2D eigenvalue weighted by Gasteiger charge is 2.24. The van der Waals surface area contributed by atoms with E-state index in [-0.39, 0.29) is 12.2 Å². The van der Waals surface area contributed by atoms with Crippen LogP contribution in [0.25, 0.3) is 0 Å². The van der Waals surface area contributed by atoms with Gasteiger partial charge in [-0.3, -0.25) is 0 Å². The molecule has 0 saturated carbocycles. The minimum atomic E-state index is -0.200. The van der Waals surface area contributed by atoms with Gasteiger partial charge in [0.25, 0.3) is 0 Å². The predicted octanol–water partition coefficient (Wildman–Crippen LogP) is -0.892. The van der Waals surface area contributed by atoms with Crippen LogP contribution in [0.15, 0.2) is 9.98 Å². The predicted molar refractivity (Wildman–Crippen MR) is 36.2 cm³/mol. The van der Waals surface area contributed by atoms with Crippen LogP contribution in [0.1, 0.15) is 0 Å². The third-order valence-corrected chi connectivity index (χ3v) is 1.45. The van der Waals surface area contributed by atoms with E-state index in [1.807, 2.05) is 0 Å². The molecule has 2 N–H and O–H groups in total. The number of carbonyl (C=O) groups is 1. The van der Waals surface area contributed by atoms with E-state index >= 15 is 0 Å². The van der Waals surface area contributed by atoms with Crippen LogP contribution >= 0.6 is 0 Å². The van der Waals surface area contributed by atoms with Crippen LogP contribution in [0, 0.1) is 0 Å². The maximum atomic E-state index is 10.7. The molecule has 0 aromatic rings. The number of fused-ring (bicyclic) bond motifs is 1. The highest BCUT2D eigenvalue weighted by molar-refractivity contribution is 6.05. The van der Waals surface area contributed by atoms with Crippen molar-refractivity contribution in [3.8, 4) is 0 Å². The SMILES string of the molecule is O=C1NCC2=NC=NC2N1. The number of nitrogens with zero attached hydrogens (tertiary/aromatic N) is 2. The lowest BCUT2D eigenvalue weighted by Crippen LogP contribution is -2.53. The van der Waals surface area contributed by atoms with Crippen molar-refractivity contribution in [3.05, 3.63) is 0 Å². The molecule has 5 nitrogen and oxygen atoms in total. The van der Waals surface area contributed by atoms with Crippen LogP contribution in [0.2, 0.25) is 0 Å². The Balaban J connectivity index is 2.19. The first-order chi connectivity index (χ1) is 4.86. The Morgan fingerprint density at radius 3 is 3.50 bits per heavy atom. The molecule has 1 unspecified atom stereocenters. The van der Waals surface area contributed by atoms with E-state index in [0.717, 1.165) is 5.71 Å². The largest absolute Gasteiger partial charge is 0.333 e. The zero-order valence-electron chi connectivity index (χ0n) is 5.16. The summed E-state index contributed by atoms with van der Waals surface area (Å²) in [5.74, 6) is 0. The molecule has 2 aliphatic rings.